The average molecular weight is 773 g/mol. The zero-order valence-corrected chi connectivity index (χ0v) is 32.4. The molecule has 55 heavy (non-hydrogen) atoms. The number of ether oxygens (including phenoxy) is 6. The predicted molar refractivity (Wildman–Crippen MR) is 210 cm³/mol. The quantitative estimate of drug-likeness (QED) is 0.0728. The summed E-state index contributed by atoms with van der Waals surface area (Å²) in [5, 5.41) is 5.21. The lowest BCUT2D eigenvalue weighted by Gasteiger charge is -2.38. The molecule has 4 atom stereocenters. The lowest BCUT2D eigenvalue weighted by Crippen LogP contribution is -2.53. The third-order valence-corrected chi connectivity index (χ3v) is 10.5. The molecule has 294 valence electrons. The number of anilines is 1. The van der Waals surface area contributed by atoms with E-state index in [1.807, 2.05) is 69.8 Å². The second kappa shape index (κ2) is 21.2. The minimum atomic E-state index is -0.646. The Morgan fingerprint density at radius 1 is 0.764 bits per heavy atom. The highest BCUT2D eigenvalue weighted by molar-refractivity contribution is 7.13. The van der Waals surface area contributed by atoms with Gasteiger partial charge < -0.3 is 38.2 Å². The van der Waals surface area contributed by atoms with Crippen molar-refractivity contribution in [1.29, 1.82) is 0 Å². The lowest BCUT2D eigenvalue weighted by atomic mass is 9.90. The molecule has 1 aliphatic heterocycles. The molecule has 3 aromatic carbocycles. The van der Waals surface area contributed by atoms with Gasteiger partial charge in [-0.3, -0.25) is 10.1 Å². The van der Waals surface area contributed by atoms with E-state index in [9.17, 15) is 4.79 Å². The highest BCUT2D eigenvalue weighted by atomic mass is 32.1. The van der Waals surface area contributed by atoms with Crippen molar-refractivity contribution in [2.75, 3.05) is 66.1 Å². The molecule has 0 unspecified atom stereocenters. The molecule has 0 radical (unpaired) electrons. The van der Waals surface area contributed by atoms with E-state index in [1.165, 1.54) is 11.3 Å². The van der Waals surface area contributed by atoms with Gasteiger partial charge in [-0.25, -0.2) is 9.78 Å². The summed E-state index contributed by atoms with van der Waals surface area (Å²) < 4.78 is 35.9. The Balaban J connectivity index is 1.42. The Kier molecular flexibility index (Phi) is 15.6. The fourth-order valence-electron chi connectivity index (χ4n) is 6.91. The Bertz CT molecular complexity index is 1730. The van der Waals surface area contributed by atoms with Gasteiger partial charge in [0.25, 0.3) is 5.91 Å². The molecule has 2 fully saturated rings. The minimum absolute atomic E-state index is 0.0104. The van der Waals surface area contributed by atoms with Crippen LogP contribution in [0.15, 0.2) is 96.5 Å². The molecule has 0 bridgehead atoms. The van der Waals surface area contributed by atoms with Crippen LogP contribution in [-0.4, -0.2) is 112 Å². The van der Waals surface area contributed by atoms with Gasteiger partial charge in [-0.1, -0.05) is 72.8 Å². The molecule has 0 spiro atoms. The first kappa shape index (κ1) is 40.5. The molecule has 1 saturated heterocycles. The van der Waals surface area contributed by atoms with Crippen LogP contribution in [0.5, 0.6) is 0 Å². The maximum absolute atomic E-state index is 15.4. The summed E-state index contributed by atoms with van der Waals surface area (Å²) in [6, 6.07) is 26.7. The molecule has 12 nitrogen and oxygen atoms in total. The maximum Gasteiger partial charge on any atom is 0.321 e. The number of nitrogens with zero attached hydrogens (tertiary/aromatic N) is 3. The highest BCUT2D eigenvalue weighted by Gasteiger charge is 2.50. The second-order valence-electron chi connectivity index (χ2n) is 13.8. The number of methoxy groups -OCH3 is 2. The summed E-state index contributed by atoms with van der Waals surface area (Å²) in [7, 11) is 3.26. The summed E-state index contributed by atoms with van der Waals surface area (Å²) in [6.07, 6.45) is 3.55. The Labute approximate surface area is 327 Å². The molecular weight excluding hydrogens is 721 g/mol. The average Bonchev–Trinajstić information content (AvgIpc) is 3.91. The van der Waals surface area contributed by atoms with Crippen molar-refractivity contribution in [3.63, 3.8) is 0 Å². The van der Waals surface area contributed by atoms with E-state index >= 15 is 4.79 Å². The van der Waals surface area contributed by atoms with Crippen LogP contribution < -0.4 is 5.32 Å². The number of thiazole rings is 1. The van der Waals surface area contributed by atoms with E-state index in [0.717, 1.165) is 29.5 Å². The van der Waals surface area contributed by atoms with Crippen molar-refractivity contribution in [3.05, 3.63) is 119 Å². The van der Waals surface area contributed by atoms with Gasteiger partial charge in [-0.15, -0.1) is 11.3 Å². The first-order valence-corrected chi connectivity index (χ1v) is 19.7. The summed E-state index contributed by atoms with van der Waals surface area (Å²) in [5.41, 5.74) is 3.40. The number of hydrogen-bond donors (Lipinski definition) is 1. The SMILES string of the molecule is COCCOCO[C@@H]1[C@@H](OCOCCOC)[C@@H](Cc2ccccc2)N(CC2CC2)C(=O)N(Cc2cccc(C(=O)Nc3nccs3)c2)[C@@H]1Cc1ccccc1. The van der Waals surface area contributed by atoms with E-state index in [1.54, 1.807) is 26.5 Å². The normalized spacial score (nSPS) is 20.1. The van der Waals surface area contributed by atoms with E-state index in [2.05, 4.69) is 34.6 Å². The van der Waals surface area contributed by atoms with Crippen LogP contribution in [-0.2, 0) is 47.8 Å². The lowest BCUT2D eigenvalue weighted by molar-refractivity contribution is -0.192. The summed E-state index contributed by atoms with van der Waals surface area (Å²) in [6.45, 7) is 2.32. The topological polar surface area (TPSA) is 121 Å². The van der Waals surface area contributed by atoms with E-state index in [4.69, 9.17) is 28.4 Å². The molecule has 1 saturated carbocycles. The maximum atomic E-state index is 15.4. The first-order chi connectivity index (χ1) is 27.0. The van der Waals surface area contributed by atoms with Crippen LogP contribution in [0, 0.1) is 5.92 Å². The Hall–Kier alpha value is -4.21. The Morgan fingerprint density at radius 2 is 1.35 bits per heavy atom. The van der Waals surface area contributed by atoms with Gasteiger partial charge in [0.05, 0.1) is 38.5 Å². The number of hydrogen-bond acceptors (Lipinski definition) is 10. The Morgan fingerprint density at radius 3 is 1.89 bits per heavy atom. The minimum Gasteiger partial charge on any atom is -0.382 e. The smallest absolute Gasteiger partial charge is 0.321 e. The van der Waals surface area contributed by atoms with E-state index in [0.29, 0.717) is 62.4 Å². The number of nitrogens with one attached hydrogen (secondary N) is 1. The van der Waals surface area contributed by atoms with Crippen LogP contribution in [0.3, 0.4) is 0 Å². The van der Waals surface area contributed by atoms with Gasteiger partial charge in [0.1, 0.15) is 25.8 Å². The van der Waals surface area contributed by atoms with Crippen molar-refractivity contribution in [2.24, 2.45) is 5.92 Å². The third kappa shape index (κ3) is 11.9. The highest BCUT2D eigenvalue weighted by Crippen LogP contribution is 2.36. The van der Waals surface area contributed by atoms with E-state index < -0.39 is 24.3 Å². The molecule has 1 aromatic heterocycles. The molecule has 13 heteroatoms. The molecule has 2 aliphatic rings. The van der Waals surface area contributed by atoms with Gasteiger partial charge in [0, 0.05) is 44.4 Å². The zero-order valence-electron chi connectivity index (χ0n) is 31.6. The number of urea groups is 1. The number of aromatic nitrogens is 1. The van der Waals surface area contributed by atoms with Gasteiger partial charge >= 0.3 is 6.03 Å². The summed E-state index contributed by atoms with van der Waals surface area (Å²) in [4.78, 5) is 36.9. The molecule has 6 rings (SSSR count). The fourth-order valence-corrected chi connectivity index (χ4v) is 7.44. The van der Waals surface area contributed by atoms with Gasteiger partial charge in [0.15, 0.2) is 5.13 Å². The van der Waals surface area contributed by atoms with Crippen LogP contribution >= 0.6 is 11.3 Å². The summed E-state index contributed by atoms with van der Waals surface area (Å²) >= 11 is 1.35. The van der Waals surface area contributed by atoms with Gasteiger partial charge in [0.2, 0.25) is 0 Å². The molecule has 3 amide bonds. The van der Waals surface area contributed by atoms with Crippen LogP contribution in [0.2, 0.25) is 0 Å². The van der Waals surface area contributed by atoms with Crippen molar-refractivity contribution in [2.45, 2.75) is 56.5 Å². The number of benzene rings is 3. The molecule has 4 aromatic rings. The van der Waals surface area contributed by atoms with Crippen LogP contribution in [0.1, 0.15) is 39.9 Å². The van der Waals surface area contributed by atoms with Crippen LogP contribution in [0.25, 0.3) is 0 Å². The molecule has 1 aliphatic carbocycles. The first-order valence-electron chi connectivity index (χ1n) is 18.9. The third-order valence-electron chi connectivity index (χ3n) is 9.85. The monoisotopic (exact) mass is 772 g/mol. The summed E-state index contributed by atoms with van der Waals surface area (Å²) in [5.74, 6) is 0.123. The van der Waals surface area contributed by atoms with Crippen molar-refractivity contribution >= 4 is 28.4 Å². The van der Waals surface area contributed by atoms with Crippen molar-refractivity contribution in [3.8, 4) is 0 Å². The largest absolute Gasteiger partial charge is 0.382 e. The van der Waals surface area contributed by atoms with Crippen molar-refractivity contribution < 1.29 is 38.0 Å². The second-order valence-corrected chi connectivity index (χ2v) is 14.7. The fraction of sp³-hybridized carbons (Fsp3) is 0.452. The zero-order chi connectivity index (χ0) is 38.2. The van der Waals surface area contributed by atoms with Gasteiger partial charge in [-0.2, -0.15) is 0 Å². The predicted octanol–water partition coefficient (Wildman–Crippen LogP) is 6.28. The molecule has 1 N–H and O–H groups in total. The standard InChI is InChI=1S/C42H52N4O8S/c1-49-19-21-51-29-53-38-36(25-31-10-5-3-6-11-31)45(27-33-16-17-33)42(48)46(28-34-14-9-15-35(24-34)40(47)44-41-43-18-23-55-41)37(26-32-12-7-4-8-13-32)39(38)54-30-52-22-20-50-2/h3-15,18,23-24,33,36-39H,16-17,19-22,25-30H2,1-2H3,(H,43,44,47)/t36-,37-,38+,39+/m1/s1. The van der Waals surface area contributed by atoms with Crippen LogP contribution in [0.4, 0.5) is 9.93 Å². The van der Waals surface area contributed by atoms with Gasteiger partial charge in [-0.05, 0) is 60.4 Å². The van der Waals surface area contributed by atoms with E-state index in [-0.39, 0.29) is 32.1 Å². The molecular formula is C42H52N4O8S. The van der Waals surface area contributed by atoms with Crippen molar-refractivity contribution in [1.82, 2.24) is 14.8 Å². The number of carbonyl (C=O) groups is 2. The number of rotatable bonds is 22. The number of carbonyl (C=O) groups excluding carboxylic acids is 2. The molecule has 2 heterocycles. The number of amides is 3.